The average molecular weight is 207 g/mol. The molecule has 0 saturated carbocycles. The summed E-state index contributed by atoms with van der Waals surface area (Å²) >= 11 is 0. The lowest BCUT2D eigenvalue weighted by Gasteiger charge is -2.22. The Hall–Kier alpha value is -1.38. The summed E-state index contributed by atoms with van der Waals surface area (Å²) in [6, 6.07) is 6.56. The summed E-state index contributed by atoms with van der Waals surface area (Å²) in [6.45, 7) is 0. The van der Waals surface area contributed by atoms with Gasteiger partial charge in [0.25, 0.3) is 0 Å². The molecule has 84 valence electrons. The molecule has 3 nitrogen and oxygen atoms in total. The molecule has 0 amide bonds. The van der Waals surface area contributed by atoms with E-state index >= 15 is 0 Å². The molecule has 0 aromatic heterocycles. The molecular formula is C12H21N3. The minimum absolute atomic E-state index is 1.23. The number of rotatable bonds is 3. The molecule has 0 bridgehead atoms. The summed E-state index contributed by atoms with van der Waals surface area (Å²) in [6.07, 6.45) is 0. The lowest BCUT2D eigenvalue weighted by Crippen LogP contribution is -2.15. The van der Waals surface area contributed by atoms with Gasteiger partial charge in [0.2, 0.25) is 0 Å². The van der Waals surface area contributed by atoms with Gasteiger partial charge in [0.05, 0.1) is 0 Å². The van der Waals surface area contributed by atoms with E-state index in [2.05, 4.69) is 75.2 Å². The lowest BCUT2D eigenvalue weighted by atomic mass is 10.2. The second-order valence-electron chi connectivity index (χ2n) is 4.39. The number of benzene rings is 1. The van der Waals surface area contributed by atoms with Gasteiger partial charge in [0, 0.05) is 59.3 Å². The molecule has 1 rings (SSSR count). The molecule has 1 aromatic rings. The largest absolute Gasteiger partial charge is 0.378 e. The summed E-state index contributed by atoms with van der Waals surface area (Å²) in [4.78, 5) is 6.38. The highest BCUT2D eigenvalue weighted by molar-refractivity contribution is 5.68. The molecule has 0 heterocycles. The predicted octanol–water partition coefficient (Wildman–Crippen LogP) is 1.88. The Bertz CT molecular complexity index is 265. The van der Waals surface area contributed by atoms with Gasteiger partial charge in [-0.1, -0.05) is 0 Å². The smallest absolute Gasteiger partial charge is 0.0402 e. The van der Waals surface area contributed by atoms with Crippen molar-refractivity contribution in [2.45, 2.75) is 0 Å². The third-order valence-electron chi connectivity index (χ3n) is 2.44. The van der Waals surface area contributed by atoms with Gasteiger partial charge in [-0.2, -0.15) is 0 Å². The maximum atomic E-state index is 2.19. The van der Waals surface area contributed by atoms with E-state index in [1.807, 2.05) is 0 Å². The fraction of sp³-hybridized carbons (Fsp3) is 0.500. The summed E-state index contributed by atoms with van der Waals surface area (Å²) in [5, 5.41) is 0. The maximum Gasteiger partial charge on any atom is 0.0402 e. The van der Waals surface area contributed by atoms with Crippen LogP contribution in [0.15, 0.2) is 18.2 Å². The zero-order valence-corrected chi connectivity index (χ0v) is 10.6. The van der Waals surface area contributed by atoms with Crippen molar-refractivity contribution in [3.8, 4) is 0 Å². The van der Waals surface area contributed by atoms with Crippen LogP contribution in [0.25, 0.3) is 0 Å². The van der Waals surface area contributed by atoms with Crippen LogP contribution in [0.1, 0.15) is 0 Å². The molecule has 1 aromatic carbocycles. The van der Waals surface area contributed by atoms with E-state index in [0.29, 0.717) is 0 Å². The quantitative estimate of drug-likeness (QED) is 0.749. The van der Waals surface area contributed by atoms with Gasteiger partial charge in [0.1, 0.15) is 0 Å². The van der Waals surface area contributed by atoms with E-state index in [9.17, 15) is 0 Å². The van der Waals surface area contributed by atoms with E-state index in [1.54, 1.807) is 0 Å². The van der Waals surface area contributed by atoms with Crippen molar-refractivity contribution in [3.63, 3.8) is 0 Å². The van der Waals surface area contributed by atoms with E-state index in [-0.39, 0.29) is 0 Å². The van der Waals surface area contributed by atoms with Gasteiger partial charge in [-0.05, 0) is 18.2 Å². The molecule has 15 heavy (non-hydrogen) atoms. The Morgan fingerprint density at radius 2 is 0.733 bits per heavy atom. The molecular weight excluding hydrogens is 186 g/mol. The summed E-state index contributed by atoms with van der Waals surface area (Å²) in [5.41, 5.74) is 3.68. The van der Waals surface area contributed by atoms with Crippen molar-refractivity contribution < 1.29 is 0 Å². The van der Waals surface area contributed by atoms with Crippen LogP contribution < -0.4 is 14.7 Å². The van der Waals surface area contributed by atoms with Crippen LogP contribution in [0.5, 0.6) is 0 Å². The first-order chi connectivity index (χ1) is 6.91. The van der Waals surface area contributed by atoms with Crippen LogP contribution in [0.3, 0.4) is 0 Å². The second-order valence-corrected chi connectivity index (χ2v) is 4.39. The number of anilines is 3. The third-order valence-corrected chi connectivity index (χ3v) is 2.44. The number of nitrogens with zero attached hydrogens (tertiary/aromatic N) is 3. The minimum Gasteiger partial charge on any atom is -0.378 e. The lowest BCUT2D eigenvalue weighted by molar-refractivity contribution is 1.08. The SMILES string of the molecule is CN(C)c1cc(N(C)C)cc(N(C)C)c1. The Kier molecular flexibility index (Phi) is 3.45. The van der Waals surface area contributed by atoms with E-state index in [4.69, 9.17) is 0 Å². The Balaban J connectivity index is 3.20. The van der Waals surface area contributed by atoms with Crippen molar-refractivity contribution in [2.75, 3.05) is 57.0 Å². The molecule has 0 saturated heterocycles. The van der Waals surface area contributed by atoms with E-state index in [0.717, 1.165) is 0 Å². The summed E-state index contributed by atoms with van der Waals surface area (Å²) in [7, 11) is 12.4. The molecule has 0 unspecified atom stereocenters. The van der Waals surface area contributed by atoms with E-state index in [1.165, 1.54) is 17.1 Å². The highest BCUT2D eigenvalue weighted by atomic mass is 15.1. The first-order valence-corrected chi connectivity index (χ1v) is 5.09. The molecule has 0 fully saturated rings. The first-order valence-electron chi connectivity index (χ1n) is 5.09. The van der Waals surface area contributed by atoms with Crippen LogP contribution >= 0.6 is 0 Å². The van der Waals surface area contributed by atoms with Crippen molar-refractivity contribution in [3.05, 3.63) is 18.2 Å². The van der Waals surface area contributed by atoms with Gasteiger partial charge in [-0.25, -0.2) is 0 Å². The van der Waals surface area contributed by atoms with Crippen LogP contribution in [0.2, 0.25) is 0 Å². The van der Waals surface area contributed by atoms with E-state index < -0.39 is 0 Å². The molecule has 0 spiro atoms. The molecule has 0 aliphatic carbocycles. The molecule has 3 heteroatoms. The van der Waals surface area contributed by atoms with Gasteiger partial charge >= 0.3 is 0 Å². The molecule has 0 aliphatic heterocycles. The average Bonchev–Trinajstić information content (AvgIpc) is 2.16. The molecule has 0 radical (unpaired) electrons. The van der Waals surface area contributed by atoms with Crippen LogP contribution in [-0.2, 0) is 0 Å². The number of hydrogen-bond acceptors (Lipinski definition) is 3. The van der Waals surface area contributed by atoms with Gasteiger partial charge in [0.15, 0.2) is 0 Å². The summed E-state index contributed by atoms with van der Waals surface area (Å²) in [5.74, 6) is 0. The first kappa shape index (κ1) is 11.7. The Morgan fingerprint density at radius 1 is 0.533 bits per heavy atom. The normalized spacial score (nSPS) is 10.0. The third kappa shape index (κ3) is 2.78. The van der Waals surface area contributed by atoms with Crippen LogP contribution in [0, 0.1) is 0 Å². The summed E-state index contributed by atoms with van der Waals surface area (Å²) < 4.78 is 0. The zero-order chi connectivity index (χ0) is 11.6. The fourth-order valence-corrected chi connectivity index (χ4v) is 1.35. The Labute approximate surface area is 92.9 Å². The fourth-order valence-electron chi connectivity index (χ4n) is 1.35. The highest BCUT2D eigenvalue weighted by Crippen LogP contribution is 2.27. The van der Waals surface area contributed by atoms with Crippen molar-refractivity contribution in [1.29, 1.82) is 0 Å². The van der Waals surface area contributed by atoms with Gasteiger partial charge < -0.3 is 14.7 Å². The van der Waals surface area contributed by atoms with Gasteiger partial charge in [-0.3, -0.25) is 0 Å². The van der Waals surface area contributed by atoms with Crippen molar-refractivity contribution >= 4 is 17.1 Å². The maximum absolute atomic E-state index is 2.19. The monoisotopic (exact) mass is 207 g/mol. The molecule has 0 aliphatic rings. The second kappa shape index (κ2) is 4.43. The van der Waals surface area contributed by atoms with Crippen LogP contribution in [0.4, 0.5) is 17.1 Å². The number of hydrogen-bond donors (Lipinski definition) is 0. The highest BCUT2D eigenvalue weighted by Gasteiger charge is 2.05. The topological polar surface area (TPSA) is 9.72 Å². The minimum atomic E-state index is 1.23. The van der Waals surface area contributed by atoms with Crippen molar-refractivity contribution in [1.82, 2.24) is 0 Å². The Morgan fingerprint density at radius 3 is 0.867 bits per heavy atom. The van der Waals surface area contributed by atoms with Crippen molar-refractivity contribution in [2.24, 2.45) is 0 Å². The zero-order valence-electron chi connectivity index (χ0n) is 10.6. The predicted molar refractivity (Wildman–Crippen MR) is 69.4 cm³/mol. The van der Waals surface area contributed by atoms with Gasteiger partial charge in [-0.15, -0.1) is 0 Å². The molecule has 0 atom stereocenters. The molecule has 0 N–H and O–H groups in total. The van der Waals surface area contributed by atoms with Crippen LogP contribution in [-0.4, -0.2) is 42.3 Å². The standard InChI is InChI=1S/C12H21N3/c1-13(2)10-7-11(14(3)4)9-12(8-10)15(5)6/h7-9H,1-6H3.